The van der Waals surface area contributed by atoms with Crippen LogP contribution >= 0.6 is 11.3 Å². The average Bonchev–Trinajstić information content (AvgIpc) is 3.24. The molecule has 0 bridgehead atoms. The van der Waals surface area contributed by atoms with Crippen molar-refractivity contribution in [2.45, 2.75) is 6.10 Å². The number of para-hydroxylation sites is 1. The Morgan fingerprint density at radius 2 is 1.94 bits per heavy atom. The molecule has 0 spiro atoms. The number of carbonyl (C=O) groups excluding carboxylic acids is 1. The van der Waals surface area contributed by atoms with E-state index in [0.29, 0.717) is 24.1 Å². The highest BCUT2D eigenvalue weighted by Gasteiger charge is 2.33. The van der Waals surface area contributed by atoms with Crippen LogP contribution in [-0.2, 0) is 4.74 Å². The van der Waals surface area contributed by atoms with Crippen molar-refractivity contribution in [1.82, 2.24) is 4.98 Å². The first-order chi connectivity index (χ1) is 16.1. The summed E-state index contributed by atoms with van der Waals surface area (Å²) in [6.45, 7) is 1.02. The van der Waals surface area contributed by atoms with E-state index < -0.39 is 11.6 Å². The van der Waals surface area contributed by atoms with Crippen LogP contribution in [0.3, 0.4) is 0 Å². The molecule has 7 nitrogen and oxygen atoms in total. The Morgan fingerprint density at radius 1 is 1.09 bits per heavy atom. The van der Waals surface area contributed by atoms with Crippen LogP contribution in [0.5, 0.6) is 5.75 Å². The van der Waals surface area contributed by atoms with E-state index in [-0.39, 0.29) is 11.7 Å². The first-order valence-electron chi connectivity index (χ1n) is 10.5. The lowest BCUT2D eigenvalue weighted by Gasteiger charge is -2.38. The van der Waals surface area contributed by atoms with Crippen LogP contribution in [0.2, 0.25) is 0 Å². The Morgan fingerprint density at radius 3 is 2.79 bits per heavy atom. The van der Waals surface area contributed by atoms with Crippen molar-refractivity contribution in [3.05, 3.63) is 76.6 Å². The van der Waals surface area contributed by atoms with Gasteiger partial charge in [-0.15, -0.1) is 0 Å². The predicted molar refractivity (Wildman–Crippen MR) is 128 cm³/mol. The fraction of sp³-hybridized carbons (Fsp3) is 0.160. The van der Waals surface area contributed by atoms with Crippen molar-refractivity contribution >= 4 is 54.4 Å². The van der Waals surface area contributed by atoms with Gasteiger partial charge in [-0.05, 0) is 35.0 Å². The third kappa shape index (κ3) is 3.30. The molecule has 2 aromatic heterocycles. The van der Waals surface area contributed by atoms with Crippen LogP contribution in [0, 0.1) is 0 Å². The van der Waals surface area contributed by atoms with Crippen molar-refractivity contribution in [3.8, 4) is 5.75 Å². The van der Waals surface area contributed by atoms with Gasteiger partial charge in [0.05, 0.1) is 24.9 Å². The quantitative estimate of drug-likeness (QED) is 0.221. The normalized spacial score (nSPS) is 14.0. The van der Waals surface area contributed by atoms with Gasteiger partial charge in [-0.1, -0.05) is 47.7 Å². The zero-order chi connectivity index (χ0) is 22.5. The summed E-state index contributed by atoms with van der Waals surface area (Å²) in [4.78, 5) is 31.9. The second-order valence-electron chi connectivity index (χ2n) is 7.88. The van der Waals surface area contributed by atoms with Gasteiger partial charge < -0.3 is 18.8 Å². The molecule has 3 aromatic carbocycles. The molecule has 1 aliphatic heterocycles. The molecule has 0 N–H and O–H groups in total. The average molecular weight is 458 g/mol. The molecule has 0 aliphatic carbocycles. The summed E-state index contributed by atoms with van der Waals surface area (Å²) in [6, 6.07) is 18.8. The minimum absolute atomic E-state index is 0.0953. The number of benzene rings is 3. The minimum Gasteiger partial charge on any atom is -0.494 e. The van der Waals surface area contributed by atoms with E-state index in [1.54, 1.807) is 30.6 Å². The zero-order valence-electron chi connectivity index (χ0n) is 17.6. The standard InChI is InChI=1S/C25H18N2O5S/c1-30-20-7-4-8-21-22(20)26-25(33-21)27-12-15(13-27)31-23(28)18-11-17-16-6-3-2-5-14(16)9-10-19(17)32-24(18)29/h2-11,15H,12-13H2,1H3. The van der Waals surface area contributed by atoms with Gasteiger partial charge in [0, 0.05) is 5.39 Å². The molecule has 0 saturated carbocycles. The molecule has 164 valence electrons. The lowest BCUT2D eigenvalue weighted by atomic mass is 10.0. The fourth-order valence-electron chi connectivity index (χ4n) is 4.11. The fourth-order valence-corrected chi connectivity index (χ4v) is 5.11. The lowest BCUT2D eigenvalue weighted by molar-refractivity contribution is 0.0230. The Balaban J connectivity index is 1.21. The molecule has 1 aliphatic rings. The highest BCUT2D eigenvalue weighted by Crippen LogP contribution is 2.36. The summed E-state index contributed by atoms with van der Waals surface area (Å²) in [5.41, 5.74) is 0.469. The molecule has 0 amide bonds. The molecule has 8 heteroatoms. The number of ether oxygens (including phenoxy) is 2. The van der Waals surface area contributed by atoms with Gasteiger partial charge in [-0.3, -0.25) is 0 Å². The maximum absolute atomic E-state index is 12.8. The van der Waals surface area contributed by atoms with Crippen LogP contribution < -0.4 is 15.3 Å². The molecule has 6 rings (SSSR count). The number of anilines is 1. The molecule has 0 atom stereocenters. The molecular formula is C25H18N2O5S. The summed E-state index contributed by atoms with van der Waals surface area (Å²) >= 11 is 1.56. The van der Waals surface area contributed by atoms with Gasteiger partial charge >= 0.3 is 11.6 Å². The molecule has 1 saturated heterocycles. The predicted octanol–water partition coefficient (Wildman–Crippen LogP) is 4.61. The smallest absolute Gasteiger partial charge is 0.351 e. The second kappa shape index (κ2) is 7.60. The van der Waals surface area contributed by atoms with E-state index >= 15 is 0 Å². The number of nitrogens with zero attached hydrogens (tertiary/aromatic N) is 2. The van der Waals surface area contributed by atoms with Crippen molar-refractivity contribution in [2.75, 3.05) is 25.1 Å². The summed E-state index contributed by atoms with van der Waals surface area (Å²) in [7, 11) is 1.62. The summed E-state index contributed by atoms with van der Waals surface area (Å²) in [5, 5.41) is 3.46. The molecule has 5 aromatic rings. The largest absolute Gasteiger partial charge is 0.494 e. The molecule has 0 unspecified atom stereocenters. The van der Waals surface area contributed by atoms with E-state index in [0.717, 1.165) is 31.9 Å². The Labute approximate surface area is 191 Å². The van der Waals surface area contributed by atoms with E-state index in [1.807, 2.05) is 53.4 Å². The van der Waals surface area contributed by atoms with Crippen molar-refractivity contribution in [2.24, 2.45) is 0 Å². The topological polar surface area (TPSA) is 81.9 Å². The highest BCUT2D eigenvalue weighted by molar-refractivity contribution is 7.22. The number of esters is 1. The number of hydrogen-bond acceptors (Lipinski definition) is 8. The molecular weight excluding hydrogens is 440 g/mol. The van der Waals surface area contributed by atoms with E-state index in [2.05, 4.69) is 4.98 Å². The van der Waals surface area contributed by atoms with Crippen molar-refractivity contribution in [3.63, 3.8) is 0 Å². The van der Waals surface area contributed by atoms with Gasteiger partial charge in [0.2, 0.25) is 0 Å². The first kappa shape index (κ1) is 19.8. The Kier molecular flexibility index (Phi) is 4.55. The van der Waals surface area contributed by atoms with Crippen LogP contribution in [-0.4, -0.2) is 37.3 Å². The van der Waals surface area contributed by atoms with Crippen molar-refractivity contribution < 1.29 is 18.7 Å². The van der Waals surface area contributed by atoms with Crippen LogP contribution in [0.25, 0.3) is 32.0 Å². The number of fused-ring (bicyclic) bond motifs is 4. The van der Waals surface area contributed by atoms with Crippen molar-refractivity contribution in [1.29, 1.82) is 0 Å². The maximum atomic E-state index is 12.8. The number of rotatable bonds is 4. The summed E-state index contributed by atoms with van der Waals surface area (Å²) in [6.07, 6.45) is -0.325. The number of hydrogen-bond donors (Lipinski definition) is 0. The monoisotopic (exact) mass is 458 g/mol. The number of methoxy groups -OCH3 is 1. The van der Waals surface area contributed by atoms with Crippen LogP contribution in [0.1, 0.15) is 10.4 Å². The van der Waals surface area contributed by atoms with Gasteiger partial charge in [0.15, 0.2) is 5.13 Å². The highest BCUT2D eigenvalue weighted by atomic mass is 32.1. The summed E-state index contributed by atoms with van der Waals surface area (Å²) in [5.74, 6) is 0.0586. The van der Waals surface area contributed by atoms with Crippen LogP contribution in [0.4, 0.5) is 5.13 Å². The van der Waals surface area contributed by atoms with E-state index in [4.69, 9.17) is 13.9 Å². The van der Waals surface area contributed by atoms with Gasteiger partial charge in [-0.2, -0.15) is 0 Å². The van der Waals surface area contributed by atoms with Gasteiger partial charge in [0.25, 0.3) is 0 Å². The number of carbonyl (C=O) groups is 1. The maximum Gasteiger partial charge on any atom is 0.351 e. The first-order valence-corrected chi connectivity index (χ1v) is 11.3. The Hall–Kier alpha value is -3.91. The Bertz CT molecular complexity index is 1600. The zero-order valence-corrected chi connectivity index (χ0v) is 18.4. The van der Waals surface area contributed by atoms with E-state index in [9.17, 15) is 9.59 Å². The van der Waals surface area contributed by atoms with Gasteiger partial charge in [0.1, 0.15) is 28.5 Å². The molecule has 33 heavy (non-hydrogen) atoms. The number of aromatic nitrogens is 1. The lowest BCUT2D eigenvalue weighted by Crippen LogP contribution is -2.53. The van der Waals surface area contributed by atoms with Gasteiger partial charge in [-0.25, -0.2) is 14.6 Å². The SMILES string of the molecule is COc1cccc2sc(N3CC(OC(=O)c4cc5c(ccc6ccccc65)oc4=O)C3)nc12. The minimum atomic E-state index is -0.697. The summed E-state index contributed by atoms with van der Waals surface area (Å²) < 4.78 is 17.4. The third-order valence-corrected chi connectivity index (χ3v) is 6.93. The van der Waals surface area contributed by atoms with E-state index in [1.165, 1.54) is 0 Å². The number of thiazole rings is 1. The second-order valence-corrected chi connectivity index (χ2v) is 8.89. The van der Waals surface area contributed by atoms with Crippen LogP contribution in [0.15, 0.2) is 69.9 Å². The molecule has 3 heterocycles. The molecule has 0 radical (unpaired) electrons. The molecule has 1 fully saturated rings. The third-order valence-electron chi connectivity index (χ3n) is 5.84.